The van der Waals surface area contributed by atoms with E-state index >= 15 is 0 Å². The summed E-state index contributed by atoms with van der Waals surface area (Å²) in [6.07, 6.45) is 1.14. The molecular formula is C7H18N2O2. The molecule has 0 amide bonds. The summed E-state index contributed by atoms with van der Waals surface area (Å²) >= 11 is 0. The minimum Gasteiger partial charge on any atom is -0.480 e. The van der Waals surface area contributed by atoms with Crippen LogP contribution in [0.15, 0.2) is 0 Å². The molecule has 68 valence electrons. The van der Waals surface area contributed by atoms with Crippen LogP contribution in [-0.4, -0.2) is 23.7 Å². The summed E-state index contributed by atoms with van der Waals surface area (Å²) in [5.41, 5.74) is 10.3. The van der Waals surface area contributed by atoms with Crippen molar-refractivity contribution in [2.24, 2.45) is 11.5 Å². The Kier molecular flexibility index (Phi) is 11.1. The highest BCUT2D eigenvalue weighted by Crippen LogP contribution is 1.91. The van der Waals surface area contributed by atoms with Crippen LogP contribution < -0.4 is 11.5 Å². The van der Waals surface area contributed by atoms with Gasteiger partial charge in [-0.25, -0.2) is 0 Å². The zero-order chi connectivity index (χ0) is 9.28. The van der Waals surface area contributed by atoms with Gasteiger partial charge in [0.25, 0.3) is 0 Å². The van der Waals surface area contributed by atoms with Crippen LogP contribution >= 0.6 is 0 Å². The van der Waals surface area contributed by atoms with Crippen LogP contribution in [0.3, 0.4) is 0 Å². The van der Waals surface area contributed by atoms with Crippen LogP contribution in [0.5, 0.6) is 0 Å². The molecule has 0 aromatic heterocycles. The summed E-state index contributed by atoms with van der Waals surface area (Å²) in [7, 11) is 0. The number of rotatable bonds is 4. The lowest BCUT2D eigenvalue weighted by molar-refractivity contribution is -0.138. The van der Waals surface area contributed by atoms with E-state index in [1.54, 1.807) is 0 Å². The molecule has 11 heavy (non-hydrogen) atoms. The van der Waals surface area contributed by atoms with Gasteiger partial charge in [-0.3, -0.25) is 4.79 Å². The Bertz CT molecular complexity index is 96.4. The van der Waals surface area contributed by atoms with Gasteiger partial charge in [0.15, 0.2) is 0 Å². The third-order valence-electron chi connectivity index (χ3n) is 1.04. The molecule has 4 heteroatoms. The topological polar surface area (TPSA) is 89.3 Å². The highest BCUT2D eigenvalue weighted by Gasteiger charge is 2.08. The van der Waals surface area contributed by atoms with Gasteiger partial charge in [-0.05, 0) is 19.4 Å². The van der Waals surface area contributed by atoms with Gasteiger partial charge in [0.1, 0.15) is 6.04 Å². The van der Waals surface area contributed by atoms with E-state index in [0.717, 1.165) is 0 Å². The molecular weight excluding hydrogens is 144 g/mol. The SMILES string of the molecule is CC.NCCC[C@H](N)C(=O)O. The second kappa shape index (κ2) is 9.39. The first kappa shape index (κ1) is 13.0. The number of carbonyl (C=O) groups is 1. The number of hydrogen-bond donors (Lipinski definition) is 3. The zero-order valence-corrected chi connectivity index (χ0v) is 7.21. The molecule has 4 nitrogen and oxygen atoms in total. The minimum atomic E-state index is -0.955. The van der Waals surface area contributed by atoms with Crippen molar-refractivity contribution in [3.05, 3.63) is 0 Å². The molecule has 0 aromatic rings. The number of carboxylic acids is 1. The second-order valence-corrected chi connectivity index (χ2v) is 1.88. The molecule has 0 radical (unpaired) electrons. The van der Waals surface area contributed by atoms with E-state index in [-0.39, 0.29) is 0 Å². The first-order valence-electron chi connectivity index (χ1n) is 3.87. The first-order chi connectivity index (χ1) is 5.18. The van der Waals surface area contributed by atoms with Gasteiger partial charge in [0, 0.05) is 0 Å². The highest BCUT2D eigenvalue weighted by atomic mass is 16.4. The molecule has 1 atom stereocenters. The van der Waals surface area contributed by atoms with Crippen LogP contribution in [0.1, 0.15) is 26.7 Å². The van der Waals surface area contributed by atoms with Crippen molar-refractivity contribution in [1.82, 2.24) is 0 Å². The molecule has 0 saturated heterocycles. The molecule has 0 saturated carbocycles. The van der Waals surface area contributed by atoms with E-state index in [4.69, 9.17) is 16.6 Å². The van der Waals surface area contributed by atoms with Crippen LogP contribution in [-0.2, 0) is 4.79 Å². The lowest BCUT2D eigenvalue weighted by atomic mass is 10.2. The van der Waals surface area contributed by atoms with Gasteiger partial charge in [-0.1, -0.05) is 13.8 Å². The minimum absolute atomic E-state index is 0.464. The van der Waals surface area contributed by atoms with Gasteiger partial charge >= 0.3 is 5.97 Å². The maximum absolute atomic E-state index is 10.0. The lowest BCUT2D eigenvalue weighted by Crippen LogP contribution is -2.30. The zero-order valence-electron chi connectivity index (χ0n) is 7.21. The van der Waals surface area contributed by atoms with Crippen LogP contribution in [0.2, 0.25) is 0 Å². The van der Waals surface area contributed by atoms with Crippen molar-refractivity contribution in [3.8, 4) is 0 Å². The van der Waals surface area contributed by atoms with Crippen LogP contribution in [0.25, 0.3) is 0 Å². The molecule has 0 unspecified atom stereocenters. The van der Waals surface area contributed by atoms with Crippen molar-refractivity contribution < 1.29 is 9.90 Å². The Morgan fingerprint density at radius 3 is 2.27 bits per heavy atom. The van der Waals surface area contributed by atoms with Crippen molar-refractivity contribution in [2.75, 3.05) is 6.54 Å². The number of aliphatic carboxylic acids is 1. The van der Waals surface area contributed by atoms with Gasteiger partial charge in [-0.2, -0.15) is 0 Å². The number of hydrogen-bond acceptors (Lipinski definition) is 3. The molecule has 0 rings (SSSR count). The maximum atomic E-state index is 10.0. The number of carboxylic acid groups (broad SMARTS) is 1. The lowest BCUT2D eigenvalue weighted by Gasteiger charge is -2.02. The van der Waals surface area contributed by atoms with Gasteiger partial charge in [0.2, 0.25) is 0 Å². The highest BCUT2D eigenvalue weighted by molar-refractivity contribution is 5.72. The Morgan fingerprint density at radius 2 is 2.00 bits per heavy atom. The fourth-order valence-corrected chi connectivity index (χ4v) is 0.461. The molecule has 0 heterocycles. The molecule has 0 aliphatic heterocycles. The van der Waals surface area contributed by atoms with E-state index < -0.39 is 12.0 Å². The predicted octanol–water partition coefficient (Wildman–Crippen LogP) is 0.163. The summed E-state index contributed by atoms with van der Waals surface area (Å²) in [5.74, 6) is -0.955. The monoisotopic (exact) mass is 162 g/mol. The Morgan fingerprint density at radius 1 is 1.55 bits per heavy atom. The third kappa shape index (κ3) is 9.39. The van der Waals surface area contributed by atoms with E-state index in [1.165, 1.54) is 0 Å². The normalized spacial score (nSPS) is 11.3. The molecule has 0 aliphatic rings. The summed E-state index contributed by atoms with van der Waals surface area (Å²) in [6.45, 7) is 4.50. The fourth-order valence-electron chi connectivity index (χ4n) is 0.461. The fraction of sp³-hybridized carbons (Fsp3) is 0.857. The molecule has 5 N–H and O–H groups in total. The van der Waals surface area contributed by atoms with Crippen molar-refractivity contribution in [1.29, 1.82) is 0 Å². The third-order valence-corrected chi connectivity index (χ3v) is 1.04. The Balaban J connectivity index is 0. The average molecular weight is 162 g/mol. The summed E-state index contributed by atoms with van der Waals surface area (Å²) < 4.78 is 0. The molecule has 0 bridgehead atoms. The molecule has 0 aliphatic carbocycles. The Labute approximate surface area is 67.6 Å². The van der Waals surface area contributed by atoms with E-state index in [2.05, 4.69) is 0 Å². The quantitative estimate of drug-likeness (QED) is 0.549. The smallest absolute Gasteiger partial charge is 0.320 e. The molecule has 0 spiro atoms. The average Bonchev–Trinajstić information content (AvgIpc) is 2.03. The standard InChI is InChI=1S/C5H12N2O2.C2H6/c6-3-1-2-4(7)5(8)9;1-2/h4H,1-3,6-7H2,(H,8,9);1-2H3/t4-;/m0./s1. The molecule has 0 aromatic carbocycles. The van der Waals surface area contributed by atoms with Crippen LogP contribution in [0.4, 0.5) is 0 Å². The Hall–Kier alpha value is -0.610. The van der Waals surface area contributed by atoms with Gasteiger partial charge < -0.3 is 16.6 Å². The van der Waals surface area contributed by atoms with Gasteiger partial charge in [0.05, 0.1) is 0 Å². The van der Waals surface area contributed by atoms with Crippen LogP contribution in [0, 0.1) is 0 Å². The van der Waals surface area contributed by atoms with Crippen molar-refractivity contribution in [2.45, 2.75) is 32.7 Å². The first-order valence-corrected chi connectivity index (χ1v) is 3.87. The summed E-state index contributed by atoms with van der Waals surface area (Å²) in [5, 5.41) is 8.24. The largest absolute Gasteiger partial charge is 0.480 e. The van der Waals surface area contributed by atoms with Crippen molar-refractivity contribution in [3.63, 3.8) is 0 Å². The number of nitrogens with two attached hydrogens (primary N) is 2. The van der Waals surface area contributed by atoms with E-state index in [1.807, 2.05) is 13.8 Å². The van der Waals surface area contributed by atoms with E-state index in [0.29, 0.717) is 19.4 Å². The summed E-state index contributed by atoms with van der Waals surface area (Å²) in [4.78, 5) is 10.0. The van der Waals surface area contributed by atoms with E-state index in [9.17, 15) is 4.79 Å². The second-order valence-electron chi connectivity index (χ2n) is 1.88. The summed E-state index contributed by atoms with van der Waals surface area (Å²) in [6, 6.07) is -0.742. The maximum Gasteiger partial charge on any atom is 0.320 e. The van der Waals surface area contributed by atoms with Crippen molar-refractivity contribution >= 4 is 5.97 Å². The molecule has 0 fully saturated rings. The predicted molar refractivity (Wildman–Crippen MR) is 45.2 cm³/mol. The van der Waals surface area contributed by atoms with Gasteiger partial charge in [-0.15, -0.1) is 0 Å².